The molecule has 1 heterocycles. The Balaban J connectivity index is 0.00000272. The van der Waals surface area contributed by atoms with Crippen LogP contribution in [0.5, 0.6) is 0 Å². The van der Waals surface area contributed by atoms with E-state index in [4.69, 9.17) is 4.74 Å². The van der Waals surface area contributed by atoms with Crippen molar-refractivity contribution in [2.45, 2.75) is 57.1 Å². The van der Waals surface area contributed by atoms with Crippen molar-refractivity contribution in [1.29, 1.82) is 0 Å². The first-order chi connectivity index (χ1) is 14.6. The summed E-state index contributed by atoms with van der Waals surface area (Å²) in [7, 11) is 0. The summed E-state index contributed by atoms with van der Waals surface area (Å²) in [4.78, 5) is 14.5. The monoisotopic (exact) mass is 513 g/mol. The van der Waals surface area contributed by atoms with Gasteiger partial charge in [0.15, 0.2) is 0 Å². The van der Waals surface area contributed by atoms with E-state index < -0.39 is 6.10 Å². The second-order valence-corrected chi connectivity index (χ2v) is 9.59. The number of ether oxygens (including phenoxy) is 1. The number of anilines is 1. The molecule has 163 valence electrons. The molecule has 31 heavy (non-hydrogen) atoms. The zero-order valence-corrected chi connectivity index (χ0v) is 21.8. The van der Waals surface area contributed by atoms with Crippen LogP contribution >= 0.6 is 11.8 Å². The molecular formula is C25H30NO3SY-. The van der Waals surface area contributed by atoms with Gasteiger partial charge in [0.2, 0.25) is 5.91 Å². The Kier molecular flexibility index (Phi) is 9.18. The minimum Gasteiger partial charge on any atom is -0.388 e. The van der Waals surface area contributed by atoms with E-state index >= 15 is 0 Å². The van der Waals surface area contributed by atoms with Crippen LogP contribution in [0.1, 0.15) is 56.3 Å². The molecule has 1 N–H and O–H groups in total. The molecule has 1 radical (unpaired) electrons. The summed E-state index contributed by atoms with van der Waals surface area (Å²) in [6, 6.07) is 18.7. The molecule has 1 aliphatic carbocycles. The van der Waals surface area contributed by atoms with Crippen LogP contribution in [0.4, 0.5) is 5.69 Å². The number of nitrogens with zero attached hydrogens (tertiary/aromatic N) is 1. The standard InChI is InChI=1S/C25H30NO3S.Y/c1-2-12-25(13-7-14-25)24(28)20-10-6-11-21(15-20)26-22(27)18-30-23(26)17-29-16-19-8-4-3-5-9-19;/h3-4,6,8-11,15,23-24,28H,2,7,12-14,16-18H2,1H3;/q-1;. The molecule has 1 saturated carbocycles. The van der Waals surface area contributed by atoms with Crippen LogP contribution in [0.15, 0.2) is 48.5 Å². The van der Waals surface area contributed by atoms with Gasteiger partial charge in [-0.25, -0.2) is 0 Å². The van der Waals surface area contributed by atoms with Crippen molar-refractivity contribution >= 4 is 23.4 Å². The molecule has 0 bridgehead atoms. The summed E-state index contributed by atoms with van der Waals surface area (Å²) < 4.78 is 5.91. The molecule has 4 rings (SSSR count). The number of carbonyl (C=O) groups excluding carboxylic acids is 1. The van der Waals surface area contributed by atoms with Crippen molar-refractivity contribution in [3.8, 4) is 0 Å². The second-order valence-electron chi connectivity index (χ2n) is 8.42. The Labute approximate surface area is 215 Å². The number of aliphatic hydroxyl groups is 1. The Bertz CT molecular complexity index is 859. The maximum absolute atomic E-state index is 12.6. The number of carbonyl (C=O) groups is 1. The third-order valence-electron chi connectivity index (χ3n) is 6.40. The summed E-state index contributed by atoms with van der Waals surface area (Å²) in [5.41, 5.74) is 2.86. The molecule has 1 aliphatic heterocycles. The van der Waals surface area contributed by atoms with Crippen LogP contribution in [-0.2, 0) is 48.8 Å². The van der Waals surface area contributed by atoms with Crippen LogP contribution in [0.3, 0.4) is 0 Å². The van der Waals surface area contributed by atoms with Crippen molar-refractivity contribution in [3.05, 3.63) is 65.7 Å². The molecule has 4 nitrogen and oxygen atoms in total. The van der Waals surface area contributed by atoms with Gasteiger partial charge in [-0.3, -0.25) is 9.69 Å². The van der Waals surface area contributed by atoms with Crippen molar-refractivity contribution in [2.24, 2.45) is 5.41 Å². The van der Waals surface area contributed by atoms with Gasteiger partial charge in [-0.2, -0.15) is 30.3 Å². The van der Waals surface area contributed by atoms with E-state index in [2.05, 4.69) is 13.0 Å². The molecule has 2 aromatic rings. The van der Waals surface area contributed by atoms with Crippen molar-refractivity contribution in [1.82, 2.24) is 0 Å². The van der Waals surface area contributed by atoms with Gasteiger partial charge in [0.25, 0.3) is 0 Å². The largest absolute Gasteiger partial charge is 0.388 e. The molecular weight excluding hydrogens is 483 g/mol. The predicted molar refractivity (Wildman–Crippen MR) is 121 cm³/mol. The molecule has 1 saturated heterocycles. The number of benzene rings is 2. The van der Waals surface area contributed by atoms with E-state index in [-0.39, 0.29) is 49.4 Å². The predicted octanol–water partition coefficient (Wildman–Crippen LogP) is 5.11. The summed E-state index contributed by atoms with van der Waals surface area (Å²) in [6.07, 6.45) is 5.01. The van der Waals surface area contributed by atoms with Gasteiger partial charge in [0, 0.05) is 50.4 Å². The van der Waals surface area contributed by atoms with E-state index in [0.29, 0.717) is 19.0 Å². The first-order valence-electron chi connectivity index (χ1n) is 10.9. The Morgan fingerprint density at radius 3 is 2.84 bits per heavy atom. The van der Waals surface area contributed by atoms with Gasteiger partial charge >= 0.3 is 0 Å². The van der Waals surface area contributed by atoms with E-state index in [1.165, 1.54) is 6.42 Å². The van der Waals surface area contributed by atoms with E-state index in [1.807, 2.05) is 53.4 Å². The topological polar surface area (TPSA) is 49.8 Å². The fraction of sp³-hybridized carbons (Fsp3) is 0.480. The molecule has 2 fully saturated rings. The number of rotatable bonds is 9. The summed E-state index contributed by atoms with van der Waals surface area (Å²) in [5, 5.41) is 11.1. The van der Waals surface area contributed by atoms with Crippen molar-refractivity contribution in [2.75, 3.05) is 17.3 Å². The van der Waals surface area contributed by atoms with Gasteiger partial charge in [-0.1, -0.05) is 31.9 Å². The van der Waals surface area contributed by atoms with Gasteiger partial charge in [-0.05, 0) is 37.0 Å². The maximum Gasteiger partial charge on any atom is 0.238 e. The van der Waals surface area contributed by atoms with Crippen molar-refractivity contribution < 1.29 is 47.3 Å². The van der Waals surface area contributed by atoms with Crippen LogP contribution < -0.4 is 4.90 Å². The molecule has 2 atom stereocenters. The number of aliphatic hydroxyl groups excluding tert-OH is 1. The normalized spacial score (nSPS) is 20.8. The third kappa shape index (κ3) is 5.62. The Hall–Kier alpha value is -0.716. The molecule has 0 spiro atoms. The third-order valence-corrected chi connectivity index (χ3v) is 7.54. The van der Waals surface area contributed by atoms with Crippen molar-refractivity contribution in [3.63, 3.8) is 0 Å². The SMILES string of the molecule is CCCC1(C(O)c2cccc(N3C(=O)CSC3COCc3c[c-]ccc3)c2)CCC1.[Y]. The smallest absolute Gasteiger partial charge is 0.238 e. The van der Waals surface area contributed by atoms with Gasteiger partial charge in [0.1, 0.15) is 5.37 Å². The fourth-order valence-corrected chi connectivity index (χ4v) is 5.75. The number of amides is 1. The number of thioether (sulfide) groups is 1. The van der Waals surface area contributed by atoms with Gasteiger partial charge < -0.3 is 9.84 Å². The fourth-order valence-electron chi connectivity index (χ4n) is 4.69. The molecule has 2 aliphatic rings. The molecule has 2 aromatic carbocycles. The van der Waals surface area contributed by atoms with Crippen LogP contribution in [0.2, 0.25) is 0 Å². The zero-order chi connectivity index (χ0) is 21.0. The number of hydrogen-bond donors (Lipinski definition) is 1. The molecule has 6 heteroatoms. The quantitative estimate of drug-likeness (QED) is 0.474. The average molecular weight is 513 g/mol. The maximum atomic E-state index is 12.6. The zero-order valence-electron chi connectivity index (χ0n) is 18.1. The van der Waals surface area contributed by atoms with Crippen LogP contribution in [0.25, 0.3) is 0 Å². The summed E-state index contributed by atoms with van der Waals surface area (Å²) in [6.45, 7) is 3.16. The van der Waals surface area contributed by atoms with Gasteiger partial charge in [0.05, 0.1) is 18.5 Å². The van der Waals surface area contributed by atoms with Crippen LogP contribution in [-0.4, -0.2) is 28.7 Å². The van der Waals surface area contributed by atoms with E-state index in [0.717, 1.165) is 42.5 Å². The van der Waals surface area contributed by atoms with E-state index in [9.17, 15) is 9.90 Å². The van der Waals surface area contributed by atoms with Crippen LogP contribution in [0, 0.1) is 11.5 Å². The molecule has 2 unspecified atom stereocenters. The minimum atomic E-state index is -0.472. The second kappa shape index (κ2) is 11.4. The molecule has 1 amide bonds. The first kappa shape index (κ1) is 24.9. The first-order valence-corrected chi connectivity index (χ1v) is 11.9. The van der Waals surface area contributed by atoms with Gasteiger partial charge in [-0.15, -0.1) is 17.3 Å². The Morgan fingerprint density at radius 1 is 1.32 bits per heavy atom. The minimum absolute atomic E-state index is 0. The Morgan fingerprint density at radius 2 is 2.16 bits per heavy atom. The average Bonchev–Trinajstić information content (AvgIpc) is 3.11. The van der Waals surface area contributed by atoms with E-state index in [1.54, 1.807) is 11.8 Å². The molecule has 0 aromatic heterocycles. The summed E-state index contributed by atoms with van der Waals surface area (Å²) in [5.74, 6) is 0.555. The number of hydrogen-bond acceptors (Lipinski definition) is 4. The summed E-state index contributed by atoms with van der Waals surface area (Å²) >= 11 is 1.61.